The van der Waals surface area contributed by atoms with E-state index in [2.05, 4.69) is 10.6 Å². The van der Waals surface area contributed by atoms with Gasteiger partial charge in [-0.05, 0) is 26.8 Å². The van der Waals surface area contributed by atoms with Crippen molar-refractivity contribution in [3.8, 4) is 11.5 Å². The number of amides is 2. The Morgan fingerprint density at radius 1 is 1.30 bits per heavy atom. The highest BCUT2D eigenvalue weighted by molar-refractivity contribution is 6.30. The zero-order chi connectivity index (χ0) is 20.1. The van der Waals surface area contributed by atoms with Crippen LogP contribution in [0.5, 0.6) is 11.5 Å². The highest BCUT2D eigenvalue weighted by atomic mass is 35.5. The molecule has 1 atom stereocenters. The van der Waals surface area contributed by atoms with Crippen LogP contribution in [0.4, 0.5) is 4.79 Å². The number of carbonyl (C=O) groups is 3. The second-order valence-electron chi connectivity index (χ2n) is 5.75. The van der Waals surface area contributed by atoms with Gasteiger partial charge in [0, 0.05) is 27.9 Å². The molecule has 1 aliphatic heterocycles. The number of carbonyl (C=O) groups excluding carboxylic acids is 3. The number of rotatable bonds is 7. The second kappa shape index (κ2) is 8.77. The van der Waals surface area contributed by atoms with Crippen LogP contribution in [0.1, 0.15) is 32.4 Å². The molecular weight excluding hydrogens is 376 g/mol. The van der Waals surface area contributed by atoms with Crippen LogP contribution in [0.25, 0.3) is 0 Å². The van der Waals surface area contributed by atoms with Crippen LogP contribution >= 0.6 is 11.6 Å². The number of halogens is 1. The number of ketones is 1. The van der Waals surface area contributed by atoms with Crippen LogP contribution in [0.2, 0.25) is 5.02 Å². The molecule has 0 saturated carbocycles. The number of ether oxygens (including phenoxy) is 3. The molecule has 1 aromatic rings. The molecule has 0 aliphatic carbocycles. The fourth-order valence-corrected chi connectivity index (χ4v) is 3.05. The van der Waals surface area contributed by atoms with Crippen LogP contribution < -0.4 is 20.1 Å². The van der Waals surface area contributed by atoms with Crippen LogP contribution in [0.15, 0.2) is 23.4 Å². The Kier molecular flexibility index (Phi) is 6.68. The minimum Gasteiger partial charge on any atom is -0.493 e. The third-order valence-electron chi connectivity index (χ3n) is 3.87. The van der Waals surface area contributed by atoms with Crippen molar-refractivity contribution >= 4 is 29.4 Å². The summed E-state index contributed by atoms with van der Waals surface area (Å²) in [5.41, 5.74) is 1.16. The molecule has 9 heteroatoms. The first kappa shape index (κ1) is 20.6. The Labute approximate surface area is 161 Å². The molecule has 0 fully saturated rings. The molecule has 2 N–H and O–H groups in total. The first-order chi connectivity index (χ1) is 12.8. The molecule has 2 rings (SSSR count). The summed E-state index contributed by atoms with van der Waals surface area (Å²) in [6.07, 6.45) is 0. The molecular formula is C18H21ClN2O6. The van der Waals surface area contributed by atoms with E-state index in [4.69, 9.17) is 25.8 Å². The summed E-state index contributed by atoms with van der Waals surface area (Å²) in [4.78, 5) is 35.8. The van der Waals surface area contributed by atoms with Gasteiger partial charge in [-0.15, -0.1) is 0 Å². The summed E-state index contributed by atoms with van der Waals surface area (Å²) in [6, 6.07) is 1.77. The molecule has 146 valence electrons. The fraction of sp³-hybridized carbons (Fsp3) is 0.389. The van der Waals surface area contributed by atoms with Gasteiger partial charge in [0.2, 0.25) is 0 Å². The van der Waals surface area contributed by atoms with Gasteiger partial charge in [-0.2, -0.15) is 0 Å². The number of esters is 1. The van der Waals surface area contributed by atoms with Gasteiger partial charge in [-0.25, -0.2) is 9.59 Å². The molecule has 1 aliphatic rings. The maximum atomic E-state index is 12.2. The highest BCUT2D eigenvalue weighted by Crippen LogP contribution is 2.41. The van der Waals surface area contributed by atoms with Gasteiger partial charge in [0.25, 0.3) is 0 Å². The van der Waals surface area contributed by atoms with Gasteiger partial charge in [0.15, 0.2) is 23.9 Å². The maximum absolute atomic E-state index is 12.2. The predicted octanol–water partition coefficient (Wildman–Crippen LogP) is 2.51. The first-order valence-corrected chi connectivity index (χ1v) is 8.61. The van der Waals surface area contributed by atoms with Crippen LogP contribution in [0, 0.1) is 0 Å². The molecule has 0 saturated heterocycles. The minimum atomic E-state index is -0.818. The number of hydrogen-bond acceptors (Lipinski definition) is 6. The second-order valence-corrected chi connectivity index (χ2v) is 6.18. The van der Waals surface area contributed by atoms with E-state index in [0.717, 1.165) is 0 Å². The molecule has 0 aromatic heterocycles. The van der Waals surface area contributed by atoms with E-state index in [1.165, 1.54) is 20.1 Å². The van der Waals surface area contributed by atoms with Crippen LogP contribution in [0.3, 0.4) is 0 Å². The van der Waals surface area contributed by atoms with Crippen molar-refractivity contribution in [3.05, 3.63) is 34.0 Å². The average Bonchev–Trinajstić information content (AvgIpc) is 2.58. The molecule has 1 heterocycles. The SMILES string of the molecule is CCOC(=O)COc1c(OC)cc(Cl)cc1[C@H]1NC(=O)NC(C)=C1C(C)=O. The Balaban J connectivity index is 2.55. The first-order valence-electron chi connectivity index (χ1n) is 8.23. The third-order valence-corrected chi connectivity index (χ3v) is 4.09. The van der Waals surface area contributed by atoms with Gasteiger partial charge in [0.1, 0.15) is 0 Å². The van der Waals surface area contributed by atoms with Crippen molar-refractivity contribution in [3.63, 3.8) is 0 Å². The molecule has 0 radical (unpaired) electrons. The largest absolute Gasteiger partial charge is 0.493 e. The normalized spacial score (nSPS) is 16.3. The Morgan fingerprint density at radius 3 is 2.59 bits per heavy atom. The monoisotopic (exact) mass is 396 g/mol. The number of methoxy groups -OCH3 is 1. The van der Waals surface area contributed by atoms with E-state index in [1.54, 1.807) is 19.9 Å². The molecule has 8 nitrogen and oxygen atoms in total. The van der Waals surface area contributed by atoms with E-state index in [9.17, 15) is 14.4 Å². The molecule has 0 spiro atoms. The molecule has 1 aromatic carbocycles. The molecule has 0 bridgehead atoms. The number of allylic oxidation sites excluding steroid dienone is 1. The number of nitrogens with one attached hydrogen (secondary N) is 2. The summed E-state index contributed by atoms with van der Waals surface area (Å²) < 4.78 is 15.8. The molecule has 27 heavy (non-hydrogen) atoms. The van der Waals surface area contributed by atoms with Crippen molar-refractivity contribution < 1.29 is 28.6 Å². The Bertz CT molecular complexity index is 805. The Hall–Kier alpha value is -2.74. The minimum absolute atomic E-state index is 0.189. The van der Waals surface area contributed by atoms with Crippen molar-refractivity contribution in [1.82, 2.24) is 10.6 Å². The number of benzene rings is 1. The van der Waals surface area contributed by atoms with Crippen molar-refractivity contribution in [2.45, 2.75) is 26.8 Å². The van der Waals surface area contributed by atoms with Gasteiger partial charge in [0.05, 0.1) is 19.8 Å². The fourth-order valence-electron chi connectivity index (χ4n) is 2.84. The van der Waals surface area contributed by atoms with Crippen LogP contribution in [-0.4, -0.2) is 38.1 Å². The zero-order valence-electron chi connectivity index (χ0n) is 15.5. The van der Waals surface area contributed by atoms with Crippen molar-refractivity contribution in [2.75, 3.05) is 20.3 Å². The van der Waals surface area contributed by atoms with Gasteiger partial charge >= 0.3 is 12.0 Å². The summed E-state index contributed by atoms with van der Waals surface area (Å²) in [6.45, 7) is 4.56. The molecule has 2 amide bonds. The predicted molar refractivity (Wildman–Crippen MR) is 97.9 cm³/mol. The summed E-state index contributed by atoms with van der Waals surface area (Å²) in [5.74, 6) is -0.350. The smallest absolute Gasteiger partial charge is 0.344 e. The average molecular weight is 397 g/mol. The van der Waals surface area contributed by atoms with Gasteiger partial charge in [-0.1, -0.05) is 11.6 Å². The maximum Gasteiger partial charge on any atom is 0.344 e. The third kappa shape index (κ3) is 4.71. The lowest BCUT2D eigenvalue weighted by atomic mass is 9.92. The zero-order valence-corrected chi connectivity index (χ0v) is 16.2. The van der Waals surface area contributed by atoms with E-state index >= 15 is 0 Å². The van der Waals surface area contributed by atoms with E-state index < -0.39 is 18.0 Å². The summed E-state index contributed by atoms with van der Waals surface area (Å²) in [5, 5.41) is 5.57. The quantitative estimate of drug-likeness (QED) is 0.686. The van der Waals surface area contributed by atoms with Gasteiger partial charge in [-0.3, -0.25) is 4.79 Å². The lowest BCUT2D eigenvalue weighted by Gasteiger charge is -2.29. The lowest BCUT2D eigenvalue weighted by Crippen LogP contribution is -2.44. The van der Waals surface area contributed by atoms with Crippen molar-refractivity contribution in [1.29, 1.82) is 0 Å². The van der Waals surface area contributed by atoms with Crippen molar-refractivity contribution in [2.24, 2.45) is 0 Å². The van der Waals surface area contributed by atoms with Gasteiger partial charge < -0.3 is 24.8 Å². The lowest BCUT2D eigenvalue weighted by molar-refractivity contribution is -0.145. The number of Topliss-reactive ketones (excluding diaryl/α,β-unsaturated/α-hetero) is 1. The standard InChI is InChI=1S/C18H21ClN2O6/c1-5-26-14(23)8-27-17-12(6-11(19)7-13(17)25-4)16-15(10(3)22)9(2)20-18(24)21-16/h6-7,16H,5,8H2,1-4H3,(H2,20,21,24)/t16-/m1/s1. The van der Waals surface area contributed by atoms with E-state index in [-0.39, 0.29) is 30.5 Å². The summed E-state index contributed by atoms with van der Waals surface area (Å²) in [7, 11) is 1.42. The topological polar surface area (TPSA) is 103 Å². The number of urea groups is 1. The van der Waals surface area contributed by atoms with E-state index in [0.29, 0.717) is 21.9 Å². The van der Waals surface area contributed by atoms with E-state index in [1.807, 2.05) is 0 Å². The Morgan fingerprint density at radius 2 is 2.00 bits per heavy atom. The van der Waals surface area contributed by atoms with Crippen LogP contribution in [-0.2, 0) is 14.3 Å². The summed E-state index contributed by atoms with van der Waals surface area (Å²) >= 11 is 6.18. The highest BCUT2D eigenvalue weighted by Gasteiger charge is 2.33. The number of hydrogen-bond donors (Lipinski definition) is 2. The molecule has 0 unspecified atom stereocenters.